The lowest BCUT2D eigenvalue weighted by Gasteiger charge is -2.29. The van der Waals surface area contributed by atoms with Crippen LogP contribution in [0, 0.1) is 23.0 Å². The molecule has 114 valence electrons. The van der Waals surface area contributed by atoms with Gasteiger partial charge in [0.15, 0.2) is 0 Å². The molecule has 0 radical (unpaired) electrons. The quantitative estimate of drug-likeness (QED) is 0.656. The van der Waals surface area contributed by atoms with E-state index in [-0.39, 0.29) is 23.2 Å². The Labute approximate surface area is 124 Å². The molecule has 0 aromatic heterocycles. The third kappa shape index (κ3) is 3.58. The van der Waals surface area contributed by atoms with E-state index in [1.165, 1.54) is 6.07 Å². The van der Waals surface area contributed by atoms with Crippen molar-refractivity contribution in [1.29, 1.82) is 0 Å². The zero-order valence-corrected chi connectivity index (χ0v) is 12.4. The van der Waals surface area contributed by atoms with E-state index in [2.05, 4.69) is 10.6 Å². The summed E-state index contributed by atoms with van der Waals surface area (Å²) in [4.78, 5) is 23.0. The lowest BCUT2D eigenvalue weighted by molar-refractivity contribution is -0.385. The average molecular weight is 291 g/mol. The maximum atomic E-state index is 12.4. The molecule has 0 aliphatic carbocycles. The maximum Gasteiger partial charge on any atom is 0.282 e. The van der Waals surface area contributed by atoms with E-state index in [1.54, 1.807) is 19.1 Å². The van der Waals surface area contributed by atoms with Crippen LogP contribution >= 0.6 is 0 Å². The fraction of sp³-hybridized carbons (Fsp3) is 0.533. The van der Waals surface area contributed by atoms with E-state index in [0.717, 1.165) is 25.9 Å². The summed E-state index contributed by atoms with van der Waals surface area (Å²) in [7, 11) is 0. The summed E-state index contributed by atoms with van der Waals surface area (Å²) in [6.45, 7) is 5.56. The monoisotopic (exact) mass is 291 g/mol. The Morgan fingerprint density at radius 2 is 2.29 bits per heavy atom. The molecule has 1 aromatic carbocycles. The molecule has 1 fully saturated rings. The number of aryl methyl sites for hydroxylation is 1. The summed E-state index contributed by atoms with van der Waals surface area (Å²) in [5, 5.41) is 17.3. The van der Waals surface area contributed by atoms with Gasteiger partial charge in [0.1, 0.15) is 5.56 Å². The molecule has 1 aliphatic heterocycles. The molecular formula is C15H21N3O3. The van der Waals surface area contributed by atoms with Gasteiger partial charge < -0.3 is 10.6 Å². The summed E-state index contributed by atoms with van der Waals surface area (Å²) < 4.78 is 0. The minimum Gasteiger partial charge on any atom is -0.349 e. The normalized spacial score (nSPS) is 19.8. The molecule has 1 aliphatic rings. The number of hydrogen-bond acceptors (Lipinski definition) is 4. The molecule has 0 spiro atoms. The van der Waals surface area contributed by atoms with Crippen LogP contribution < -0.4 is 10.6 Å². The number of nitrogens with zero attached hydrogens (tertiary/aromatic N) is 1. The van der Waals surface area contributed by atoms with Crippen molar-refractivity contribution in [2.24, 2.45) is 5.92 Å². The molecule has 0 saturated carbocycles. The minimum absolute atomic E-state index is 0.00971. The number of rotatable bonds is 4. The van der Waals surface area contributed by atoms with Crippen LogP contribution in [0.4, 0.5) is 5.69 Å². The van der Waals surface area contributed by atoms with Crippen molar-refractivity contribution in [2.75, 3.05) is 13.1 Å². The highest BCUT2D eigenvalue weighted by Crippen LogP contribution is 2.22. The molecular weight excluding hydrogens is 270 g/mol. The highest BCUT2D eigenvalue weighted by Gasteiger charge is 2.26. The molecule has 2 atom stereocenters. The van der Waals surface area contributed by atoms with Crippen molar-refractivity contribution >= 4 is 11.6 Å². The van der Waals surface area contributed by atoms with E-state index >= 15 is 0 Å². The highest BCUT2D eigenvalue weighted by molar-refractivity contribution is 5.99. The van der Waals surface area contributed by atoms with Crippen molar-refractivity contribution in [1.82, 2.24) is 10.6 Å². The van der Waals surface area contributed by atoms with E-state index in [0.29, 0.717) is 11.5 Å². The molecule has 0 bridgehead atoms. The zero-order valence-electron chi connectivity index (χ0n) is 12.4. The van der Waals surface area contributed by atoms with Crippen LogP contribution in [0.15, 0.2) is 18.2 Å². The standard InChI is InChI=1S/C15H21N3O3/c1-10-5-3-7-13(18(20)21)14(10)15(19)17-11(2)12-6-4-8-16-9-12/h3,5,7,11-12,16H,4,6,8-9H2,1-2H3,(H,17,19). The fourth-order valence-corrected chi connectivity index (χ4v) is 2.80. The first-order chi connectivity index (χ1) is 10.0. The Kier molecular flexibility index (Phi) is 4.90. The number of nitro benzene ring substituents is 1. The summed E-state index contributed by atoms with van der Waals surface area (Å²) in [6.07, 6.45) is 2.15. The number of piperidine rings is 1. The predicted molar refractivity (Wildman–Crippen MR) is 80.4 cm³/mol. The van der Waals surface area contributed by atoms with Crippen LogP contribution in [0.1, 0.15) is 35.7 Å². The first kappa shape index (κ1) is 15.4. The second-order valence-electron chi connectivity index (χ2n) is 5.59. The Morgan fingerprint density at radius 3 is 2.90 bits per heavy atom. The van der Waals surface area contributed by atoms with Crippen molar-refractivity contribution in [3.8, 4) is 0 Å². The van der Waals surface area contributed by atoms with Gasteiger partial charge in [-0.3, -0.25) is 14.9 Å². The minimum atomic E-state index is -0.505. The summed E-state index contributed by atoms with van der Waals surface area (Å²) >= 11 is 0. The predicted octanol–water partition coefficient (Wildman–Crippen LogP) is 2.02. The van der Waals surface area contributed by atoms with E-state index in [1.807, 2.05) is 6.92 Å². The molecule has 21 heavy (non-hydrogen) atoms. The summed E-state index contributed by atoms with van der Waals surface area (Å²) in [5.41, 5.74) is 0.648. The first-order valence-corrected chi connectivity index (χ1v) is 7.26. The van der Waals surface area contributed by atoms with Crippen LogP contribution in [0.25, 0.3) is 0 Å². The van der Waals surface area contributed by atoms with Gasteiger partial charge in [0.25, 0.3) is 11.6 Å². The molecule has 1 aromatic rings. The van der Waals surface area contributed by atoms with Gasteiger partial charge in [0, 0.05) is 12.1 Å². The average Bonchev–Trinajstić information content (AvgIpc) is 2.47. The number of hydrogen-bond donors (Lipinski definition) is 2. The Morgan fingerprint density at radius 1 is 1.52 bits per heavy atom. The molecule has 6 heteroatoms. The van der Waals surface area contributed by atoms with Crippen molar-refractivity contribution < 1.29 is 9.72 Å². The number of carbonyl (C=O) groups is 1. The Hall–Kier alpha value is -1.95. The third-order valence-electron chi connectivity index (χ3n) is 4.08. The molecule has 2 unspecified atom stereocenters. The molecule has 6 nitrogen and oxygen atoms in total. The van der Waals surface area contributed by atoms with E-state index in [9.17, 15) is 14.9 Å². The van der Waals surface area contributed by atoms with Gasteiger partial charge in [-0.1, -0.05) is 12.1 Å². The van der Waals surface area contributed by atoms with E-state index in [4.69, 9.17) is 0 Å². The molecule has 2 rings (SSSR count). The lowest BCUT2D eigenvalue weighted by Crippen LogP contribution is -2.44. The number of carbonyl (C=O) groups excluding carboxylic acids is 1. The topological polar surface area (TPSA) is 84.3 Å². The fourth-order valence-electron chi connectivity index (χ4n) is 2.80. The van der Waals surface area contributed by atoms with Gasteiger partial charge >= 0.3 is 0 Å². The molecule has 1 saturated heterocycles. The number of nitro groups is 1. The van der Waals surface area contributed by atoms with Gasteiger partial charge in [0.2, 0.25) is 0 Å². The van der Waals surface area contributed by atoms with Gasteiger partial charge in [-0.2, -0.15) is 0 Å². The highest BCUT2D eigenvalue weighted by atomic mass is 16.6. The lowest BCUT2D eigenvalue weighted by atomic mass is 9.92. The van der Waals surface area contributed by atoms with Crippen molar-refractivity contribution in [3.05, 3.63) is 39.4 Å². The second kappa shape index (κ2) is 6.67. The van der Waals surface area contributed by atoms with Gasteiger partial charge in [-0.05, 0) is 51.3 Å². The largest absolute Gasteiger partial charge is 0.349 e. The van der Waals surface area contributed by atoms with Crippen LogP contribution in [-0.4, -0.2) is 30.0 Å². The molecule has 1 amide bonds. The number of amides is 1. The maximum absolute atomic E-state index is 12.4. The first-order valence-electron chi connectivity index (χ1n) is 7.26. The molecule has 1 heterocycles. The number of benzene rings is 1. The van der Waals surface area contributed by atoms with Crippen LogP contribution in [0.3, 0.4) is 0 Å². The zero-order chi connectivity index (χ0) is 15.4. The summed E-state index contributed by atoms with van der Waals surface area (Å²) in [5.74, 6) is 0.00338. The summed E-state index contributed by atoms with van der Waals surface area (Å²) in [6, 6.07) is 4.67. The SMILES string of the molecule is Cc1cccc([N+](=O)[O-])c1C(=O)NC(C)C1CCCNC1. The van der Waals surface area contributed by atoms with Crippen LogP contribution in [0.2, 0.25) is 0 Å². The van der Waals surface area contributed by atoms with Crippen LogP contribution in [0.5, 0.6) is 0 Å². The van der Waals surface area contributed by atoms with Crippen molar-refractivity contribution in [3.63, 3.8) is 0 Å². The Balaban J connectivity index is 2.14. The third-order valence-corrected chi connectivity index (χ3v) is 4.08. The van der Waals surface area contributed by atoms with E-state index < -0.39 is 4.92 Å². The van der Waals surface area contributed by atoms with Crippen LogP contribution in [-0.2, 0) is 0 Å². The van der Waals surface area contributed by atoms with Gasteiger partial charge in [-0.15, -0.1) is 0 Å². The van der Waals surface area contributed by atoms with Crippen molar-refractivity contribution in [2.45, 2.75) is 32.7 Å². The number of nitrogens with one attached hydrogen (secondary N) is 2. The second-order valence-corrected chi connectivity index (χ2v) is 5.59. The smallest absolute Gasteiger partial charge is 0.282 e. The molecule has 2 N–H and O–H groups in total. The van der Waals surface area contributed by atoms with Gasteiger partial charge in [0.05, 0.1) is 4.92 Å². The Bertz CT molecular complexity index is 539. The van der Waals surface area contributed by atoms with Gasteiger partial charge in [-0.25, -0.2) is 0 Å².